The van der Waals surface area contributed by atoms with Gasteiger partial charge in [0.05, 0.1) is 22.9 Å². The van der Waals surface area contributed by atoms with Gasteiger partial charge in [0.1, 0.15) is 16.5 Å². The standard InChI is InChI=1S/C21H20N2O2S/c1-11-14(10-26-16(11)9-22)13-8-15-17(12-6-7-25-18(12)13)23-21(4,5)19(24)20(15,2)3/h6-8,10,23H,1-5H3. The fourth-order valence-corrected chi connectivity index (χ4v) is 4.91. The molecule has 1 aliphatic rings. The van der Waals surface area contributed by atoms with Crippen molar-refractivity contribution < 1.29 is 9.21 Å². The minimum Gasteiger partial charge on any atom is -0.464 e. The third-order valence-corrected chi connectivity index (χ3v) is 6.40. The van der Waals surface area contributed by atoms with Crippen molar-refractivity contribution in [2.75, 3.05) is 5.32 Å². The fourth-order valence-electron chi connectivity index (χ4n) is 4.03. The molecule has 0 saturated carbocycles. The largest absolute Gasteiger partial charge is 0.464 e. The average Bonchev–Trinajstić information content (AvgIpc) is 3.20. The van der Waals surface area contributed by atoms with Crippen LogP contribution in [0.3, 0.4) is 0 Å². The number of hydrogen-bond acceptors (Lipinski definition) is 5. The van der Waals surface area contributed by atoms with E-state index in [0.29, 0.717) is 4.88 Å². The van der Waals surface area contributed by atoms with Crippen molar-refractivity contribution >= 4 is 33.8 Å². The van der Waals surface area contributed by atoms with Crippen LogP contribution in [0, 0.1) is 18.3 Å². The van der Waals surface area contributed by atoms with Crippen LogP contribution < -0.4 is 5.32 Å². The second-order valence-electron chi connectivity index (χ2n) is 7.93. The van der Waals surface area contributed by atoms with E-state index in [-0.39, 0.29) is 5.78 Å². The Labute approximate surface area is 156 Å². The zero-order chi connectivity index (χ0) is 18.9. The summed E-state index contributed by atoms with van der Waals surface area (Å²) in [7, 11) is 0. The minimum absolute atomic E-state index is 0.158. The molecule has 0 radical (unpaired) electrons. The molecule has 0 unspecified atom stereocenters. The topological polar surface area (TPSA) is 66.0 Å². The summed E-state index contributed by atoms with van der Waals surface area (Å²) in [6.07, 6.45) is 1.68. The van der Waals surface area contributed by atoms with E-state index < -0.39 is 11.0 Å². The number of carbonyl (C=O) groups excluding carboxylic acids is 1. The molecule has 3 heterocycles. The van der Waals surface area contributed by atoms with E-state index in [2.05, 4.69) is 17.5 Å². The Morgan fingerprint density at radius 1 is 1.23 bits per heavy atom. The van der Waals surface area contributed by atoms with Crippen molar-refractivity contribution in [3.8, 4) is 17.2 Å². The van der Waals surface area contributed by atoms with Crippen molar-refractivity contribution in [1.82, 2.24) is 0 Å². The number of thiophene rings is 1. The highest BCUT2D eigenvalue weighted by Gasteiger charge is 2.46. The van der Waals surface area contributed by atoms with Crippen molar-refractivity contribution in [2.24, 2.45) is 0 Å². The number of nitrogens with one attached hydrogen (secondary N) is 1. The highest BCUT2D eigenvalue weighted by Crippen LogP contribution is 2.48. The van der Waals surface area contributed by atoms with Gasteiger partial charge >= 0.3 is 0 Å². The molecule has 0 fully saturated rings. The van der Waals surface area contributed by atoms with E-state index in [1.807, 2.05) is 46.1 Å². The smallest absolute Gasteiger partial charge is 0.167 e. The first-order chi connectivity index (χ1) is 12.2. The molecule has 26 heavy (non-hydrogen) atoms. The summed E-state index contributed by atoms with van der Waals surface area (Å²) < 4.78 is 5.83. The van der Waals surface area contributed by atoms with Gasteiger partial charge in [0.2, 0.25) is 0 Å². The molecule has 2 aromatic heterocycles. The SMILES string of the molecule is Cc1c(-c2cc3c(c4ccoc24)NC(C)(C)C(=O)C3(C)C)csc1C#N. The van der Waals surface area contributed by atoms with Gasteiger partial charge in [0, 0.05) is 21.9 Å². The number of furan rings is 1. The first kappa shape index (κ1) is 16.9. The van der Waals surface area contributed by atoms with Gasteiger partial charge in [-0.25, -0.2) is 0 Å². The van der Waals surface area contributed by atoms with Gasteiger partial charge in [-0.2, -0.15) is 5.26 Å². The van der Waals surface area contributed by atoms with Gasteiger partial charge in [-0.1, -0.05) is 0 Å². The third-order valence-electron chi connectivity index (χ3n) is 5.41. The molecule has 3 aromatic rings. The molecule has 0 bridgehead atoms. The van der Waals surface area contributed by atoms with Crippen LogP contribution in [0.4, 0.5) is 5.69 Å². The van der Waals surface area contributed by atoms with Gasteiger partial charge < -0.3 is 9.73 Å². The lowest BCUT2D eigenvalue weighted by Gasteiger charge is -2.42. The molecule has 0 aliphatic carbocycles. The molecular weight excluding hydrogens is 344 g/mol. The monoisotopic (exact) mass is 364 g/mol. The third kappa shape index (κ3) is 2.09. The van der Waals surface area contributed by atoms with Crippen LogP contribution >= 0.6 is 11.3 Å². The van der Waals surface area contributed by atoms with E-state index in [1.165, 1.54) is 11.3 Å². The average molecular weight is 364 g/mol. The van der Waals surface area contributed by atoms with Crippen LogP contribution in [0.2, 0.25) is 0 Å². The van der Waals surface area contributed by atoms with Crippen molar-refractivity contribution in [3.63, 3.8) is 0 Å². The number of fused-ring (bicyclic) bond motifs is 3. The second-order valence-corrected chi connectivity index (χ2v) is 8.81. The summed E-state index contributed by atoms with van der Waals surface area (Å²) in [4.78, 5) is 13.7. The zero-order valence-corrected chi connectivity index (χ0v) is 16.3. The summed E-state index contributed by atoms with van der Waals surface area (Å²) in [5, 5.41) is 15.7. The van der Waals surface area contributed by atoms with Gasteiger partial charge in [0.25, 0.3) is 0 Å². The Morgan fingerprint density at radius 3 is 2.62 bits per heavy atom. The van der Waals surface area contributed by atoms with Gasteiger partial charge in [0.15, 0.2) is 5.78 Å². The van der Waals surface area contributed by atoms with Gasteiger partial charge in [-0.3, -0.25) is 4.79 Å². The van der Waals surface area contributed by atoms with E-state index in [0.717, 1.165) is 38.9 Å². The maximum atomic E-state index is 13.0. The Bertz CT molecular complexity index is 1110. The number of anilines is 1. The summed E-state index contributed by atoms with van der Waals surface area (Å²) >= 11 is 1.43. The quantitative estimate of drug-likeness (QED) is 0.628. The summed E-state index contributed by atoms with van der Waals surface area (Å²) in [6.45, 7) is 9.75. The maximum Gasteiger partial charge on any atom is 0.167 e. The molecule has 0 amide bonds. The molecule has 1 aliphatic heterocycles. The Balaban J connectivity index is 2.08. The molecule has 0 atom stereocenters. The van der Waals surface area contributed by atoms with Gasteiger partial charge in [-0.15, -0.1) is 11.3 Å². The normalized spacial score (nSPS) is 17.6. The number of carbonyl (C=O) groups is 1. The first-order valence-corrected chi connectivity index (χ1v) is 9.43. The molecule has 4 nitrogen and oxygen atoms in total. The van der Waals surface area contributed by atoms with E-state index in [1.54, 1.807) is 6.26 Å². The van der Waals surface area contributed by atoms with Crippen LogP contribution in [-0.2, 0) is 10.2 Å². The van der Waals surface area contributed by atoms with Crippen LogP contribution in [0.15, 0.2) is 28.2 Å². The first-order valence-electron chi connectivity index (χ1n) is 8.55. The van der Waals surface area contributed by atoms with Crippen LogP contribution in [0.1, 0.15) is 43.7 Å². The van der Waals surface area contributed by atoms with Crippen LogP contribution in [-0.4, -0.2) is 11.3 Å². The lowest BCUT2D eigenvalue weighted by Crippen LogP contribution is -2.53. The molecule has 0 saturated heterocycles. The fraction of sp³-hybridized carbons (Fsp3) is 0.333. The van der Waals surface area contributed by atoms with Gasteiger partial charge in [-0.05, 0) is 57.9 Å². The van der Waals surface area contributed by atoms with E-state index in [4.69, 9.17) is 4.42 Å². The van der Waals surface area contributed by atoms with Crippen molar-refractivity contribution in [3.05, 3.63) is 39.8 Å². The van der Waals surface area contributed by atoms with Crippen molar-refractivity contribution in [2.45, 2.75) is 45.6 Å². The maximum absolute atomic E-state index is 13.0. The number of Topliss-reactive ketones (excluding diaryl/α,β-unsaturated/α-hetero) is 1. The summed E-state index contributed by atoms with van der Waals surface area (Å²) in [5.41, 5.74) is 4.31. The number of hydrogen-bond donors (Lipinski definition) is 1. The second kappa shape index (κ2) is 5.21. The molecule has 1 aromatic carbocycles. The Hall–Kier alpha value is -2.58. The molecule has 1 N–H and O–H groups in total. The summed E-state index contributed by atoms with van der Waals surface area (Å²) in [6, 6.07) is 6.24. The van der Waals surface area contributed by atoms with Crippen LogP contribution in [0.25, 0.3) is 22.1 Å². The highest BCUT2D eigenvalue weighted by atomic mass is 32.1. The minimum atomic E-state index is -0.644. The molecule has 132 valence electrons. The van der Waals surface area contributed by atoms with Crippen molar-refractivity contribution in [1.29, 1.82) is 5.26 Å². The molecular formula is C21H20N2O2S. The zero-order valence-electron chi connectivity index (χ0n) is 15.5. The number of nitrogens with zero attached hydrogens (tertiary/aromatic N) is 1. The number of benzene rings is 1. The Morgan fingerprint density at radius 2 is 1.96 bits per heavy atom. The Kier molecular flexibility index (Phi) is 3.38. The predicted octanol–water partition coefficient (Wildman–Crippen LogP) is 5.39. The highest BCUT2D eigenvalue weighted by molar-refractivity contribution is 7.11. The number of ketones is 1. The summed E-state index contributed by atoms with van der Waals surface area (Å²) in [5.74, 6) is 0.158. The predicted molar refractivity (Wildman–Crippen MR) is 105 cm³/mol. The van der Waals surface area contributed by atoms with E-state index in [9.17, 15) is 10.1 Å². The van der Waals surface area contributed by atoms with E-state index >= 15 is 0 Å². The molecule has 4 rings (SSSR count). The van der Waals surface area contributed by atoms with Crippen LogP contribution in [0.5, 0.6) is 0 Å². The lowest BCUT2D eigenvalue weighted by atomic mass is 9.69. The molecule has 0 spiro atoms. The number of rotatable bonds is 1. The number of nitriles is 1. The lowest BCUT2D eigenvalue weighted by molar-refractivity contribution is -0.127. The molecule has 5 heteroatoms.